The quantitative estimate of drug-likeness (QED) is 0.776. The largest absolute Gasteiger partial charge is 0.384 e. The van der Waals surface area contributed by atoms with Crippen LogP contribution in [0.3, 0.4) is 0 Å². The molecule has 0 radical (unpaired) electrons. The van der Waals surface area contributed by atoms with Gasteiger partial charge in [-0.15, -0.1) is 0 Å². The highest BCUT2D eigenvalue weighted by Crippen LogP contribution is 2.27. The van der Waals surface area contributed by atoms with Crippen molar-refractivity contribution in [3.63, 3.8) is 0 Å². The molecule has 0 spiro atoms. The van der Waals surface area contributed by atoms with Crippen molar-refractivity contribution in [2.45, 2.75) is 13.0 Å². The Morgan fingerprint density at radius 1 is 1.54 bits per heavy atom. The van der Waals surface area contributed by atoms with E-state index in [9.17, 15) is 8.78 Å². The highest BCUT2D eigenvalue weighted by atomic mass is 35.5. The monoisotopic (exact) mass is 207 g/mol. The minimum Gasteiger partial charge on any atom is -0.384 e. The molecule has 0 saturated heterocycles. The van der Waals surface area contributed by atoms with E-state index in [2.05, 4.69) is 4.98 Å². The average Bonchev–Trinajstić information content (AvgIpc) is 2.02. The first kappa shape index (κ1) is 10.1. The first-order valence-electron chi connectivity index (χ1n) is 3.49. The van der Waals surface area contributed by atoms with Gasteiger partial charge in [0.15, 0.2) is 0 Å². The number of halogens is 3. The van der Waals surface area contributed by atoms with Crippen LogP contribution in [0.2, 0.25) is 5.02 Å². The van der Waals surface area contributed by atoms with Crippen molar-refractivity contribution in [3.8, 4) is 0 Å². The summed E-state index contributed by atoms with van der Waals surface area (Å²) in [5.41, 5.74) is 10.2. The van der Waals surface area contributed by atoms with Crippen LogP contribution < -0.4 is 11.5 Å². The van der Waals surface area contributed by atoms with E-state index in [-0.39, 0.29) is 22.9 Å². The first-order valence-corrected chi connectivity index (χ1v) is 3.87. The molecule has 0 atom stereocenters. The van der Waals surface area contributed by atoms with Gasteiger partial charge in [-0.3, -0.25) is 0 Å². The summed E-state index contributed by atoms with van der Waals surface area (Å²) in [6.07, 6.45) is -2.71. The van der Waals surface area contributed by atoms with Gasteiger partial charge in [0.1, 0.15) is 11.5 Å². The van der Waals surface area contributed by atoms with Crippen LogP contribution in [-0.4, -0.2) is 4.98 Å². The third-order valence-electron chi connectivity index (χ3n) is 1.53. The predicted octanol–water partition coefficient (Wildman–Crippen LogP) is 1.71. The molecule has 0 aliphatic carbocycles. The predicted molar refractivity (Wildman–Crippen MR) is 46.5 cm³/mol. The Labute approximate surface area is 78.7 Å². The van der Waals surface area contributed by atoms with Gasteiger partial charge in [0, 0.05) is 12.1 Å². The molecule has 1 aromatic heterocycles. The number of hydrogen-bond acceptors (Lipinski definition) is 3. The average molecular weight is 208 g/mol. The van der Waals surface area contributed by atoms with Gasteiger partial charge in [0.25, 0.3) is 6.43 Å². The number of nitrogen functional groups attached to an aromatic ring is 1. The van der Waals surface area contributed by atoms with Crippen LogP contribution in [0.1, 0.15) is 17.7 Å². The van der Waals surface area contributed by atoms with Crippen LogP contribution in [0, 0.1) is 0 Å². The summed E-state index contributed by atoms with van der Waals surface area (Å²) >= 11 is 5.65. The Morgan fingerprint density at radius 2 is 2.15 bits per heavy atom. The van der Waals surface area contributed by atoms with E-state index in [4.69, 9.17) is 23.1 Å². The molecule has 0 aromatic carbocycles. The van der Waals surface area contributed by atoms with E-state index in [1.165, 1.54) is 6.07 Å². The maximum absolute atomic E-state index is 12.3. The summed E-state index contributed by atoms with van der Waals surface area (Å²) in [5.74, 6) is -0.0301. The van der Waals surface area contributed by atoms with Gasteiger partial charge in [0.2, 0.25) is 0 Å². The molecule has 13 heavy (non-hydrogen) atoms. The van der Waals surface area contributed by atoms with E-state index in [1.54, 1.807) is 0 Å². The zero-order valence-electron chi connectivity index (χ0n) is 6.60. The number of hydrogen-bond donors (Lipinski definition) is 2. The van der Waals surface area contributed by atoms with Crippen LogP contribution in [-0.2, 0) is 6.54 Å². The molecule has 4 N–H and O–H groups in total. The number of nitrogens with zero attached hydrogens (tertiary/aromatic N) is 1. The highest BCUT2D eigenvalue weighted by Gasteiger charge is 2.17. The number of rotatable bonds is 2. The Balaban J connectivity index is 3.29. The van der Waals surface area contributed by atoms with Crippen molar-refractivity contribution in [3.05, 3.63) is 22.3 Å². The smallest absolute Gasteiger partial charge is 0.280 e. The summed E-state index contributed by atoms with van der Waals surface area (Å²) in [6, 6.07) is 1.30. The van der Waals surface area contributed by atoms with Crippen molar-refractivity contribution in [2.24, 2.45) is 5.73 Å². The fourth-order valence-electron chi connectivity index (χ4n) is 0.961. The van der Waals surface area contributed by atoms with Gasteiger partial charge in [0.05, 0.1) is 5.02 Å². The lowest BCUT2D eigenvalue weighted by Gasteiger charge is -2.08. The SMILES string of the molecule is NCc1c(Cl)cc(N)nc1C(F)F. The van der Waals surface area contributed by atoms with Gasteiger partial charge in [-0.05, 0) is 6.07 Å². The summed E-state index contributed by atoms with van der Waals surface area (Å²) in [5, 5.41) is 0.130. The molecule has 0 aliphatic heterocycles. The van der Waals surface area contributed by atoms with Gasteiger partial charge < -0.3 is 11.5 Å². The van der Waals surface area contributed by atoms with Crippen molar-refractivity contribution in [1.82, 2.24) is 4.98 Å². The minimum absolute atomic E-state index is 0.0301. The zero-order chi connectivity index (χ0) is 10.0. The van der Waals surface area contributed by atoms with E-state index in [1.807, 2.05) is 0 Å². The van der Waals surface area contributed by atoms with Gasteiger partial charge in [-0.2, -0.15) is 0 Å². The number of alkyl halides is 2. The number of nitrogens with two attached hydrogens (primary N) is 2. The molecule has 0 fully saturated rings. The molecule has 1 heterocycles. The highest BCUT2D eigenvalue weighted by molar-refractivity contribution is 6.31. The topological polar surface area (TPSA) is 64.9 Å². The van der Waals surface area contributed by atoms with Crippen LogP contribution in [0.25, 0.3) is 0 Å². The molecule has 72 valence electrons. The summed E-state index contributed by atoms with van der Waals surface area (Å²) < 4.78 is 24.7. The molecule has 6 heteroatoms. The molecule has 0 amide bonds. The molecule has 1 aromatic rings. The van der Waals surface area contributed by atoms with Crippen molar-refractivity contribution in [2.75, 3.05) is 5.73 Å². The Bertz CT molecular complexity index is 317. The number of aromatic nitrogens is 1. The molecular weight excluding hydrogens is 200 g/mol. The fourth-order valence-corrected chi connectivity index (χ4v) is 1.25. The van der Waals surface area contributed by atoms with Crippen LogP contribution in [0.15, 0.2) is 6.07 Å². The van der Waals surface area contributed by atoms with E-state index in [0.29, 0.717) is 0 Å². The van der Waals surface area contributed by atoms with E-state index >= 15 is 0 Å². The molecular formula is C7H8ClF2N3. The lowest BCUT2D eigenvalue weighted by molar-refractivity contribution is 0.145. The third-order valence-corrected chi connectivity index (χ3v) is 1.87. The fraction of sp³-hybridized carbons (Fsp3) is 0.286. The van der Waals surface area contributed by atoms with Crippen molar-refractivity contribution >= 4 is 17.4 Å². The van der Waals surface area contributed by atoms with Gasteiger partial charge in [-0.1, -0.05) is 11.6 Å². The van der Waals surface area contributed by atoms with Crippen LogP contribution >= 0.6 is 11.6 Å². The summed E-state index contributed by atoms with van der Waals surface area (Å²) in [4.78, 5) is 3.47. The third kappa shape index (κ3) is 2.05. The number of pyridine rings is 1. The zero-order valence-corrected chi connectivity index (χ0v) is 7.35. The second-order valence-corrected chi connectivity index (χ2v) is 2.80. The molecule has 1 rings (SSSR count). The van der Waals surface area contributed by atoms with E-state index < -0.39 is 12.1 Å². The molecule has 0 aliphatic rings. The van der Waals surface area contributed by atoms with Gasteiger partial charge >= 0.3 is 0 Å². The number of anilines is 1. The second-order valence-electron chi connectivity index (χ2n) is 2.40. The second kappa shape index (κ2) is 3.85. The van der Waals surface area contributed by atoms with Crippen molar-refractivity contribution in [1.29, 1.82) is 0 Å². The Hall–Kier alpha value is -0.940. The van der Waals surface area contributed by atoms with Crippen LogP contribution in [0.4, 0.5) is 14.6 Å². The summed E-state index contributed by atoms with van der Waals surface area (Å²) in [6.45, 7) is -0.0776. The molecule has 0 saturated carbocycles. The Kier molecular flexibility index (Phi) is 3.00. The standard InChI is InChI=1S/C7H8ClF2N3/c8-4-1-5(12)13-6(7(9)10)3(4)2-11/h1,7H,2,11H2,(H2,12,13). The summed E-state index contributed by atoms with van der Waals surface area (Å²) in [7, 11) is 0. The molecule has 3 nitrogen and oxygen atoms in total. The van der Waals surface area contributed by atoms with Gasteiger partial charge in [-0.25, -0.2) is 13.8 Å². The maximum Gasteiger partial charge on any atom is 0.280 e. The van der Waals surface area contributed by atoms with E-state index in [0.717, 1.165) is 0 Å². The first-order chi connectivity index (χ1) is 6.06. The lowest BCUT2D eigenvalue weighted by Crippen LogP contribution is -2.07. The normalized spacial score (nSPS) is 10.8. The minimum atomic E-state index is -2.71. The Morgan fingerprint density at radius 3 is 2.62 bits per heavy atom. The lowest BCUT2D eigenvalue weighted by atomic mass is 10.2. The molecule has 0 bridgehead atoms. The van der Waals surface area contributed by atoms with Crippen molar-refractivity contribution < 1.29 is 8.78 Å². The maximum atomic E-state index is 12.3. The molecule has 0 unspecified atom stereocenters. The van der Waals surface area contributed by atoms with Crippen LogP contribution in [0.5, 0.6) is 0 Å².